The van der Waals surface area contributed by atoms with Gasteiger partial charge in [0.2, 0.25) is 0 Å². The van der Waals surface area contributed by atoms with Gasteiger partial charge in [-0.15, -0.1) is 0 Å². The highest BCUT2D eigenvalue weighted by Gasteiger charge is 2.50. The lowest BCUT2D eigenvalue weighted by atomic mass is 9.87. The third-order valence-corrected chi connectivity index (χ3v) is 2.87. The number of halogens is 3. The maximum atomic E-state index is 12.9. The van der Waals surface area contributed by atoms with Gasteiger partial charge in [0.25, 0.3) is 0 Å². The van der Waals surface area contributed by atoms with Crippen LogP contribution in [0.2, 0.25) is 0 Å². The van der Waals surface area contributed by atoms with Crippen LogP contribution in [-0.2, 0) is 0 Å². The highest BCUT2D eigenvalue weighted by molar-refractivity contribution is 5.62. The normalized spacial score (nSPS) is 15.5. The maximum Gasteiger partial charge on any atom is 0.399 e. The van der Waals surface area contributed by atoms with Crippen molar-refractivity contribution in [1.29, 1.82) is 0 Å². The molecule has 2 rings (SSSR count). The fourth-order valence-electron chi connectivity index (χ4n) is 1.45. The number of nitrogens with one attached hydrogen (secondary N) is 1. The van der Waals surface area contributed by atoms with Gasteiger partial charge in [0.05, 0.1) is 5.70 Å². The van der Waals surface area contributed by atoms with Crippen molar-refractivity contribution >= 4 is 6.08 Å². The van der Waals surface area contributed by atoms with E-state index in [4.69, 9.17) is 4.84 Å². The molecule has 0 fully saturated rings. The zero-order chi connectivity index (χ0) is 12.7. The topological polar surface area (TPSA) is 21.3 Å². The lowest BCUT2D eigenvalue weighted by molar-refractivity contribution is -0.201. The van der Waals surface area contributed by atoms with E-state index in [-0.39, 0.29) is 5.70 Å². The smallest absolute Gasteiger partial charge is 0.382 e. The fourth-order valence-corrected chi connectivity index (χ4v) is 1.45. The molecule has 92 valence electrons. The molecule has 0 amide bonds. The lowest BCUT2D eigenvalue weighted by Crippen LogP contribution is -2.41. The Morgan fingerprint density at radius 1 is 1.12 bits per heavy atom. The van der Waals surface area contributed by atoms with Crippen molar-refractivity contribution in [2.24, 2.45) is 5.41 Å². The number of rotatable bonds is 1. The summed E-state index contributed by atoms with van der Waals surface area (Å²) in [4.78, 5) is 5.10. The van der Waals surface area contributed by atoms with Crippen molar-refractivity contribution in [3.8, 4) is 5.75 Å². The number of fused-ring (bicyclic) bond motifs is 1. The molecule has 0 unspecified atom stereocenters. The molecule has 1 N–H and O–H groups in total. The van der Waals surface area contributed by atoms with Crippen LogP contribution in [0.1, 0.15) is 19.4 Å². The first kappa shape index (κ1) is 11.8. The molecule has 0 spiro atoms. The Kier molecular flexibility index (Phi) is 2.56. The summed E-state index contributed by atoms with van der Waals surface area (Å²) in [5.74, 6) is 0.522. The zero-order valence-electron chi connectivity index (χ0n) is 9.43. The molecular weight excluding hydrogens is 231 g/mol. The predicted molar refractivity (Wildman–Crippen MR) is 58.0 cm³/mol. The van der Waals surface area contributed by atoms with E-state index in [1.165, 1.54) is 6.08 Å². The Hall–Kier alpha value is -1.65. The second-order valence-electron chi connectivity index (χ2n) is 4.42. The Labute approximate surface area is 97.0 Å². The van der Waals surface area contributed by atoms with Crippen LogP contribution in [0.25, 0.3) is 6.08 Å². The average molecular weight is 243 g/mol. The molecule has 0 aliphatic carbocycles. The fraction of sp³-hybridized carbons (Fsp3) is 0.333. The summed E-state index contributed by atoms with van der Waals surface area (Å²) >= 11 is 0. The SMILES string of the molecule is CC(C)(C1=Cc2ccccc2ON1)C(F)(F)F. The van der Waals surface area contributed by atoms with Crippen LogP contribution in [0, 0.1) is 5.41 Å². The lowest BCUT2D eigenvalue weighted by Gasteiger charge is -2.32. The Bertz CT molecular complexity index is 463. The van der Waals surface area contributed by atoms with Gasteiger partial charge in [0, 0.05) is 5.56 Å². The number of alkyl halides is 3. The van der Waals surface area contributed by atoms with Crippen LogP contribution in [-0.4, -0.2) is 6.18 Å². The van der Waals surface area contributed by atoms with Crippen LogP contribution in [0.15, 0.2) is 30.0 Å². The number of allylic oxidation sites excluding steroid dienone is 1. The van der Waals surface area contributed by atoms with E-state index in [2.05, 4.69) is 5.48 Å². The molecule has 1 heterocycles. The van der Waals surface area contributed by atoms with Crippen LogP contribution in [0.5, 0.6) is 5.75 Å². The first-order chi connectivity index (χ1) is 7.82. The minimum absolute atomic E-state index is 0.00343. The summed E-state index contributed by atoms with van der Waals surface area (Å²) in [5.41, 5.74) is 1.03. The van der Waals surface area contributed by atoms with Crippen molar-refractivity contribution in [2.75, 3.05) is 0 Å². The average Bonchev–Trinajstić information content (AvgIpc) is 2.27. The summed E-state index contributed by atoms with van der Waals surface area (Å²) in [6.45, 7) is 2.23. The highest BCUT2D eigenvalue weighted by atomic mass is 19.4. The van der Waals surface area contributed by atoms with Gasteiger partial charge in [-0.2, -0.15) is 13.2 Å². The minimum atomic E-state index is -4.33. The van der Waals surface area contributed by atoms with Gasteiger partial charge in [-0.3, -0.25) is 0 Å². The van der Waals surface area contributed by atoms with Gasteiger partial charge < -0.3 is 4.84 Å². The predicted octanol–water partition coefficient (Wildman–Crippen LogP) is 3.51. The third-order valence-electron chi connectivity index (χ3n) is 2.87. The number of benzene rings is 1. The monoisotopic (exact) mass is 243 g/mol. The minimum Gasteiger partial charge on any atom is -0.382 e. The molecule has 1 aliphatic heterocycles. The molecule has 0 bridgehead atoms. The standard InChI is InChI=1S/C12H12F3NO/c1-11(2,12(13,14)15)10-7-8-5-3-4-6-9(8)17-16-10/h3-7,16H,1-2H3. The summed E-state index contributed by atoms with van der Waals surface area (Å²) in [5, 5.41) is 0. The van der Waals surface area contributed by atoms with Crippen molar-refractivity contribution < 1.29 is 18.0 Å². The van der Waals surface area contributed by atoms with E-state index >= 15 is 0 Å². The molecule has 2 nitrogen and oxygen atoms in total. The second-order valence-corrected chi connectivity index (χ2v) is 4.42. The molecule has 17 heavy (non-hydrogen) atoms. The van der Waals surface area contributed by atoms with Gasteiger partial charge in [0.1, 0.15) is 5.41 Å². The summed E-state index contributed by atoms with van der Waals surface area (Å²) < 4.78 is 38.6. The highest BCUT2D eigenvalue weighted by Crippen LogP contribution is 2.44. The van der Waals surface area contributed by atoms with Crippen molar-refractivity contribution in [2.45, 2.75) is 20.0 Å². The van der Waals surface area contributed by atoms with Crippen LogP contribution < -0.4 is 10.3 Å². The Morgan fingerprint density at radius 3 is 2.41 bits per heavy atom. The molecule has 0 saturated carbocycles. The number of hydrogen-bond donors (Lipinski definition) is 1. The number of hydroxylamine groups is 1. The van der Waals surface area contributed by atoms with E-state index in [0.717, 1.165) is 13.8 Å². The molecule has 1 aromatic carbocycles. The Balaban J connectivity index is 2.41. The van der Waals surface area contributed by atoms with Gasteiger partial charge in [-0.1, -0.05) is 18.2 Å². The van der Waals surface area contributed by atoms with Crippen LogP contribution in [0.4, 0.5) is 13.2 Å². The van der Waals surface area contributed by atoms with E-state index < -0.39 is 11.6 Å². The Morgan fingerprint density at radius 2 is 1.76 bits per heavy atom. The first-order valence-corrected chi connectivity index (χ1v) is 5.13. The van der Waals surface area contributed by atoms with Gasteiger partial charge >= 0.3 is 6.18 Å². The second kappa shape index (κ2) is 3.68. The van der Waals surface area contributed by atoms with Gasteiger partial charge in [-0.05, 0) is 26.0 Å². The van der Waals surface area contributed by atoms with Gasteiger partial charge in [-0.25, -0.2) is 5.48 Å². The summed E-state index contributed by atoms with van der Waals surface area (Å²) in [6, 6.07) is 6.91. The first-order valence-electron chi connectivity index (χ1n) is 5.13. The quantitative estimate of drug-likeness (QED) is 0.814. The molecule has 0 saturated heterocycles. The molecular formula is C12H12F3NO. The van der Waals surface area contributed by atoms with Gasteiger partial charge in [0.15, 0.2) is 5.75 Å². The summed E-state index contributed by atoms with van der Waals surface area (Å²) in [7, 11) is 0. The summed E-state index contributed by atoms with van der Waals surface area (Å²) in [6.07, 6.45) is -2.87. The van der Waals surface area contributed by atoms with E-state index in [9.17, 15) is 13.2 Å². The number of hydrogen-bond acceptors (Lipinski definition) is 2. The maximum absolute atomic E-state index is 12.9. The van der Waals surface area contributed by atoms with E-state index in [1.54, 1.807) is 24.3 Å². The zero-order valence-corrected chi connectivity index (χ0v) is 9.43. The van der Waals surface area contributed by atoms with E-state index in [0.29, 0.717) is 11.3 Å². The number of para-hydroxylation sites is 1. The van der Waals surface area contributed by atoms with E-state index in [1.807, 2.05) is 0 Å². The molecule has 1 aliphatic rings. The van der Waals surface area contributed by atoms with Crippen molar-refractivity contribution in [3.05, 3.63) is 35.5 Å². The van der Waals surface area contributed by atoms with Crippen molar-refractivity contribution in [1.82, 2.24) is 5.48 Å². The van der Waals surface area contributed by atoms with Crippen molar-refractivity contribution in [3.63, 3.8) is 0 Å². The molecule has 0 radical (unpaired) electrons. The van der Waals surface area contributed by atoms with Crippen LogP contribution >= 0.6 is 0 Å². The molecule has 5 heteroatoms. The molecule has 1 aromatic rings. The molecule has 0 atom stereocenters. The largest absolute Gasteiger partial charge is 0.399 e. The molecule has 0 aromatic heterocycles. The third kappa shape index (κ3) is 1.97. The van der Waals surface area contributed by atoms with Crippen LogP contribution in [0.3, 0.4) is 0 Å².